The summed E-state index contributed by atoms with van der Waals surface area (Å²) < 4.78 is 125. The predicted molar refractivity (Wildman–Crippen MR) is 116 cm³/mol. The van der Waals surface area contributed by atoms with Crippen molar-refractivity contribution < 1.29 is 49.0 Å². The van der Waals surface area contributed by atoms with Crippen molar-refractivity contribution in [1.29, 1.82) is 0 Å². The Morgan fingerprint density at radius 3 is 1.95 bits per heavy atom. The van der Waals surface area contributed by atoms with E-state index < -0.39 is 65.6 Å². The molecule has 0 bridgehead atoms. The van der Waals surface area contributed by atoms with E-state index >= 15 is 0 Å². The molecule has 37 heavy (non-hydrogen) atoms. The van der Waals surface area contributed by atoms with E-state index in [1.54, 1.807) is 0 Å². The fraction of sp³-hybridized carbons (Fsp3) is 0.458. The minimum atomic E-state index is -5.10. The molecule has 0 aromatic heterocycles. The molecule has 2 aromatic rings. The maximum atomic E-state index is 13.3. The highest BCUT2D eigenvalue weighted by molar-refractivity contribution is 5.71. The topological polar surface area (TPSA) is 41.6 Å². The van der Waals surface area contributed by atoms with Crippen LogP contribution in [-0.2, 0) is 29.8 Å². The van der Waals surface area contributed by atoms with Crippen LogP contribution in [0.15, 0.2) is 36.4 Å². The van der Waals surface area contributed by atoms with Crippen LogP contribution in [0.3, 0.4) is 0 Å². The van der Waals surface area contributed by atoms with E-state index in [9.17, 15) is 44.3 Å². The lowest BCUT2D eigenvalue weighted by molar-refractivity contribution is -0.143. The minimum Gasteiger partial charge on any atom is -0.439 e. The predicted octanol–water partition coefficient (Wildman–Crippen LogP) is 8.04. The summed E-state index contributed by atoms with van der Waals surface area (Å²) in [4.78, 5) is 13.6. The summed E-state index contributed by atoms with van der Waals surface area (Å²) in [7, 11) is 0. The number of carbonyl (C=O) groups is 1. The molecule has 204 valence electrons. The zero-order chi connectivity index (χ0) is 27.8. The molecule has 4 nitrogen and oxygen atoms in total. The van der Waals surface area contributed by atoms with Gasteiger partial charge in [0.15, 0.2) is 0 Å². The van der Waals surface area contributed by atoms with Crippen molar-refractivity contribution in [2.45, 2.75) is 63.9 Å². The van der Waals surface area contributed by atoms with Gasteiger partial charge in [0.05, 0.1) is 29.3 Å². The Hall–Kier alpha value is -3.12. The molecular formula is C24H23F9N2O2. The largest absolute Gasteiger partial charge is 0.439 e. The highest BCUT2D eigenvalue weighted by Gasteiger charge is 2.43. The summed E-state index contributed by atoms with van der Waals surface area (Å²) in [5, 5.41) is 2.99. The lowest BCUT2D eigenvalue weighted by atomic mass is 9.97. The van der Waals surface area contributed by atoms with Crippen molar-refractivity contribution in [2.75, 3.05) is 11.9 Å². The molecule has 1 aliphatic heterocycles. The summed E-state index contributed by atoms with van der Waals surface area (Å²) >= 11 is 0. The Bertz CT molecular complexity index is 1090. The number of unbranched alkanes of at least 4 members (excludes halogenated alkanes) is 1. The SMILES string of the molecule is CCCCNc1ccc(C(F)(F)F)cc1CN1C(=O)OC(c2cc(C(F)(F)F)cc(C(F)(F)F)c2)C1C. The third-order valence-corrected chi connectivity index (χ3v) is 5.95. The van der Waals surface area contributed by atoms with Gasteiger partial charge in [-0.05, 0) is 60.9 Å². The Morgan fingerprint density at radius 1 is 0.865 bits per heavy atom. The molecule has 3 rings (SSSR count). The molecule has 1 N–H and O–H groups in total. The van der Waals surface area contributed by atoms with Crippen LogP contribution in [0.4, 0.5) is 50.0 Å². The lowest BCUT2D eigenvalue weighted by Gasteiger charge is -2.24. The third kappa shape index (κ3) is 6.61. The smallest absolute Gasteiger partial charge is 0.416 e. The molecule has 0 saturated carbocycles. The number of carbonyl (C=O) groups excluding carboxylic acids is 1. The number of nitrogens with one attached hydrogen (secondary N) is 1. The van der Waals surface area contributed by atoms with Crippen LogP contribution < -0.4 is 5.32 Å². The van der Waals surface area contributed by atoms with Crippen LogP contribution in [0, 0.1) is 0 Å². The first-order valence-electron chi connectivity index (χ1n) is 11.2. The number of nitrogens with zero attached hydrogens (tertiary/aromatic N) is 1. The Balaban J connectivity index is 1.96. The van der Waals surface area contributed by atoms with E-state index in [-0.39, 0.29) is 11.6 Å². The van der Waals surface area contributed by atoms with Gasteiger partial charge in [-0.25, -0.2) is 4.79 Å². The second-order valence-electron chi connectivity index (χ2n) is 8.66. The van der Waals surface area contributed by atoms with Gasteiger partial charge in [-0.2, -0.15) is 39.5 Å². The number of halogens is 9. The number of anilines is 1. The summed E-state index contributed by atoms with van der Waals surface area (Å²) in [5.74, 6) is 0. The average Bonchev–Trinajstić information content (AvgIpc) is 3.06. The molecule has 13 heteroatoms. The molecule has 1 fully saturated rings. The molecule has 0 radical (unpaired) electrons. The molecule has 0 spiro atoms. The molecule has 1 heterocycles. The van der Waals surface area contributed by atoms with Crippen LogP contribution in [0.5, 0.6) is 0 Å². The highest BCUT2D eigenvalue weighted by atomic mass is 19.4. The Kier molecular flexibility index (Phi) is 7.94. The molecule has 2 aromatic carbocycles. The van der Waals surface area contributed by atoms with E-state index in [4.69, 9.17) is 4.74 Å². The minimum absolute atomic E-state index is 0.0421. The number of rotatable bonds is 7. The van der Waals surface area contributed by atoms with Crippen molar-refractivity contribution in [3.8, 4) is 0 Å². The maximum absolute atomic E-state index is 13.3. The molecule has 2 unspecified atom stereocenters. The normalized spacial score (nSPS) is 18.8. The number of alkyl halides is 9. The fourth-order valence-electron chi connectivity index (χ4n) is 3.96. The summed E-state index contributed by atoms with van der Waals surface area (Å²) in [6.45, 7) is 3.26. The van der Waals surface area contributed by atoms with Crippen LogP contribution in [-0.4, -0.2) is 23.6 Å². The number of hydrogen-bond acceptors (Lipinski definition) is 3. The van der Waals surface area contributed by atoms with Gasteiger partial charge in [-0.3, -0.25) is 4.90 Å². The fourth-order valence-corrected chi connectivity index (χ4v) is 3.96. The second kappa shape index (κ2) is 10.3. The Morgan fingerprint density at radius 2 is 1.43 bits per heavy atom. The van der Waals surface area contributed by atoms with E-state index in [1.165, 1.54) is 13.0 Å². The first-order chi connectivity index (χ1) is 17.0. The van der Waals surface area contributed by atoms with Crippen LogP contribution in [0.1, 0.15) is 60.6 Å². The molecular weight excluding hydrogens is 519 g/mol. The quantitative estimate of drug-likeness (QED) is 0.285. The van der Waals surface area contributed by atoms with Crippen LogP contribution >= 0.6 is 0 Å². The summed E-state index contributed by atoms with van der Waals surface area (Å²) in [6.07, 6.45) is -16.0. The first kappa shape index (κ1) is 28.5. The van der Waals surface area contributed by atoms with Gasteiger partial charge in [0, 0.05) is 12.2 Å². The molecule has 1 amide bonds. The number of ether oxygens (including phenoxy) is 1. The van der Waals surface area contributed by atoms with E-state index in [1.807, 2.05) is 6.92 Å². The standard InChI is InChI=1S/C24H23F9N2O2/c1-3-4-7-34-19-6-5-16(22(25,26)27)10-15(19)12-35-13(2)20(37-21(35)36)14-8-17(23(28,29)30)11-18(9-14)24(31,32)33/h5-6,8-11,13,20,34H,3-4,7,12H2,1-2H3. The van der Waals surface area contributed by atoms with Crippen molar-refractivity contribution >= 4 is 11.8 Å². The van der Waals surface area contributed by atoms with Gasteiger partial charge in [-0.1, -0.05) is 13.3 Å². The van der Waals surface area contributed by atoms with E-state index in [0.717, 1.165) is 23.5 Å². The van der Waals surface area contributed by atoms with Crippen LogP contribution in [0.25, 0.3) is 0 Å². The maximum Gasteiger partial charge on any atom is 0.416 e. The summed E-state index contributed by atoms with van der Waals surface area (Å²) in [5.41, 5.74) is -4.28. The lowest BCUT2D eigenvalue weighted by Crippen LogP contribution is -2.32. The first-order valence-corrected chi connectivity index (χ1v) is 11.2. The molecule has 1 aliphatic rings. The molecule has 2 atom stereocenters. The van der Waals surface area contributed by atoms with E-state index in [2.05, 4.69) is 5.32 Å². The zero-order valence-electron chi connectivity index (χ0n) is 19.6. The van der Waals surface area contributed by atoms with Gasteiger partial charge in [0.25, 0.3) is 0 Å². The van der Waals surface area contributed by atoms with Crippen molar-refractivity contribution in [2.24, 2.45) is 0 Å². The van der Waals surface area contributed by atoms with Crippen molar-refractivity contribution in [3.63, 3.8) is 0 Å². The highest BCUT2D eigenvalue weighted by Crippen LogP contribution is 2.41. The molecule has 0 aliphatic carbocycles. The monoisotopic (exact) mass is 542 g/mol. The van der Waals surface area contributed by atoms with E-state index in [0.29, 0.717) is 30.8 Å². The average molecular weight is 542 g/mol. The number of benzene rings is 2. The van der Waals surface area contributed by atoms with Crippen LogP contribution in [0.2, 0.25) is 0 Å². The number of amides is 1. The van der Waals surface area contributed by atoms with Gasteiger partial charge in [-0.15, -0.1) is 0 Å². The van der Waals surface area contributed by atoms with Gasteiger partial charge in [0.1, 0.15) is 6.10 Å². The number of cyclic esters (lactones) is 1. The van der Waals surface area contributed by atoms with Crippen molar-refractivity contribution in [3.05, 3.63) is 64.2 Å². The zero-order valence-corrected chi connectivity index (χ0v) is 19.6. The Labute approximate surface area is 206 Å². The van der Waals surface area contributed by atoms with Gasteiger partial charge >= 0.3 is 24.6 Å². The van der Waals surface area contributed by atoms with Gasteiger partial charge < -0.3 is 10.1 Å². The van der Waals surface area contributed by atoms with Crippen molar-refractivity contribution in [1.82, 2.24) is 4.90 Å². The number of hydrogen-bond donors (Lipinski definition) is 1. The molecule has 1 saturated heterocycles. The second-order valence-corrected chi connectivity index (χ2v) is 8.66. The summed E-state index contributed by atoms with van der Waals surface area (Å²) in [6, 6.07) is 2.72. The van der Waals surface area contributed by atoms with Gasteiger partial charge in [0.2, 0.25) is 0 Å². The third-order valence-electron chi connectivity index (χ3n) is 5.95.